The van der Waals surface area contributed by atoms with Crippen LogP contribution in [0.5, 0.6) is 0 Å². The summed E-state index contributed by atoms with van der Waals surface area (Å²) >= 11 is 1.72. The van der Waals surface area contributed by atoms with Gasteiger partial charge in [0, 0.05) is 0 Å². The molecule has 2 atom stereocenters. The molecule has 0 aliphatic heterocycles. The van der Waals surface area contributed by atoms with Crippen molar-refractivity contribution in [1.29, 1.82) is 0 Å². The van der Waals surface area contributed by atoms with Crippen LogP contribution in [0, 0.1) is 5.92 Å². The van der Waals surface area contributed by atoms with Gasteiger partial charge < -0.3 is 37.2 Å². The van der Waals surface area contributed by atoms with Gasteiger partial charge in [0.15, 0.2) is 0 Å². The average molecular weight is 317 g/mol. The van der Waals surface area contributed by atoms with Crippen molar-refractivity contribution >= 4 is 0 Å². The van der Waals surface area contributed by atoms with E-state index in [0.29, 0.717) is 0 Å². The van der Waals surface area contributed by atoms with E-state index < -0.39 is 0 Å². The molecule has 0 amide bonds. The van der Waals surface area contributed by atoms with Gasteiger partial charge in [-0.05, 0) is 0 Å². The van der Waals surface area contributed by atoms with E-state index in [2.05, 4.69) is 18.2 Å². The first-order chi connectivity index (χ1) is 4.88. The van der Waals surface area contributed by atoms with Crippen molar-refractivity contribution in [2.75, 3.05) is 0 Å². The van der Waals surface area contributed by atoms with Gasteiger partial charge in [0.25, 0.3) is 0 Å². The molecule has 0 nitrogen and oxygen atoms in total. The first kappa shape index (κ1) is 16.7. The quantitative estimate of drug-likeness (QED) is 0.417. The predicted molar refractivity (Wildman–Crippen MR) is 38.3 cm³/mol. The fourth-order valence-electron chi connectivity index (χ4n) is 1.91. The zero-order valence-electron chi connectivity index (χ0n) is 7.14. The van der Waals surface area contributed by atoms with Crippen molar-refractivity contribution in [2.45, 2.75) is 22.9 Å². The third kappa shape index (κ3) is 3.70. The number of allylic oxidation sites excluding steroid dienone is 4. The Labute approximate surface area is 114 Å². The van der Waals surface area contributed by atoms with Crippen LogP contribution in [0.1, 0.15) is 19.3 Å². The van der Waals surface area contributed by atoms with Crippen molar-refractivity contribution < 1.29 is 61.9 Å². The standard InChI is InChI=1S/C9H11.3ClH.Zr/c1-2-5-9-7-3-6-8(9)4-1;;;;/h1-2,4,6,9H,3,5,7H2;3*1H;/q;;;;+3/p-3. The van der Waals surface area contributed by atoms with E-state index in [4.69, 9.17) is 0 Å². The Morgan fingerprint density at radius 3 is 2.46 bits per heavy atom. The van der Waals surface area contributed by atoms with Gasteiger partial charge in [0.2, 0.25) is 0 Å². The Balaban J connectivity index is 0. The molecule has 0 N–H and O–H groups in total. The summed E-state index contributed by atoms with van der Waals surface area (Å²) in [5.74, 6) is 0.939. The third-order valence-electron chi connectivity index (χ3n) is 2.52. The van der Waals surface area contributed by atoms with Gasteiger partial charge in [0.1, 0.15) is 0 Å². The second-order valence-electron chi connectivity index (χ2n) is 3.16. The molecule has 2 aliphatic carbocycles. The van der Waals surface area contributed by atoms with Gasteiger partial charge in [-0.1, -0.05) is 0 Å². The molecule has 0 heterocycles. The molecule has 0 spiro atoms. The Hall–Kier alpha value is 1.23. The molecule has 0 saturated heterocycles. The molecule has 13 heavy (non-hydrogen) atoms. The van der Waals surface area contributed by atoms with Crippen molar-refractivity contribution in [2.24, 2.45) is 5.92 Å². The van der Waals surface area contributed by atoms with Crippen molar-refractivity contribution in [3.63, 3.8) is 0 Å². The first-order valence-corrected chi connectivity index (χ1v) is 5.37. The molecular weight excluding hydrogens is 306 g/mol. The second-order valence-corrected chi connectivity index (χ2v) is 4.87. The van der Waals surface area contributed by atoms with Crippen LogP contribution in [-0.4, -0.2) is 0 Å². The maximum absolute atomic E-state index is 2.35. The first-order valence-electron chi connectivity index (χ1n) is 3.95. The molecule has 1 saturated carbocycles. The number of halogens is 3. The van der Waals surface area contributed by atoms with Gasteiger partial charge in [-0.25, -0.2) is 0 Å². The number of hydrogen-bond donors (Lipinski definition) is 0. The SMILES string of the molecule is [Cl-].[Cl-].[Cl-].[Zr+3][CH]1CCC2CC=CC=C12. The van der Waals surface area contributed by atoms with Gasteiger partial charge in [0.05, 0.1) is 0 Å². The summed E-state index contributed by atoms with van der Waals surface area (Å²) < 4.78 is 0.960. The second kappa shape index (κ2) is 7.52. The number of fused-ring (bicyclic) bond motifs is 1. The van der Waals surface area contributed by atoms with Gasteiger partial charge >= 0.3 is 77.3 Å². The summed E-state index contributed by atoms with van der Waals surface area (Å²) in [6, 6.07) is 0. The molecule has 72 valence electrons. The topological polar surface area (TPSA) is 0 Å². The molecule has 1 fully saturated rings. The summed E-state index contributed by atoms with van der Waals surface area (Å²) in [6.45, 7) is 0. The molecule has 0 aromatic carbocycles. The summed E-state index contributed by atoms with van der Waals surface area (Å²) in [6.07, 6.45) is 11.1. The maximum atomic E-state index is 2.35. The van der Waals surface area contributed by atoms with E-state index in [1.165, 1.54) is 19.3 Å². The summed E-state index contributed by atoms with van der Waals surface area (Å²) in [7, 11) is 0. The van der Waals surface area contributed by atoms with E-state index >= 15 is 0 Å². The average Bonchev–Trinajstić information content (AvgIpc) is 2.34. The minimum atomic E-state index is 0. The Kier molecular flexibility index (Phi) is 9.63. The molecule has 2 rings (SSSR count). The van der Waals surface area contributed by atoms with Gasteiger partial charge in [-0.3, -0.25) is 0 Å². The Morgan fingerprint density at radius 2 is 1.85 bits per heavy atom. The van der Waals surface area contributed by atoms with Crippen LogP contribution in [0.4, 0.5) is 0 Å². The molecule has 0 aromatic rings. The fourth-order valence-corrected chi connectivity index (χ4v) is 3.14. The molecule has 0 aromatic heterocycles. The fraction of sp³-hybridized carbons (Fsp3) is 0.556. The summed E-state index contributed by atoms with van der Waals surface area (Å²) in [5.41, 5.74) is 1.75. The van der Waals surface area contributed by atoms with Crippen LogP contribution < -0.4 is 37.2 Å². The monoisotopic (exact) mass is 314 g/mol. The van der Waals surface area contributed by atoms with Gasteiger partial charge in [-0.15, -0.1) is 0 Å². The van der Waals surface area contributed by atoms with E-state index in [1.54, 1.807) is 30.3 Å². The molecule has 4 heteroatoms. The summed E-state index contributed by atoms with van der Waals surface area (Å²) in [5, 5.41) is 0. The van der Waals surface area contributed by atoms with E-state index in [1.807, 2.05) is 0 Å². The number of hydrogen-bond acceptors (Lipinski definition) is 0. The van der Waals surface area contributed by atoms with Crippen molar-refractivity contribution in [1.82, 2.24) is 0 Å². The predicted octanol–water partition coefficient (Wildman–Crippen LogP) is -6.37. The van der Waals surface area contributed by atoms with Crippen molar-refractivity contribution in [3.8, 4) is 0 Å². The van der Waals surface area contributed by atoms with Crippen LogP contribution in [0.2, 0.25) is 3.63 Å². The normalized spacial score (nSPS) is 28.9. The minimum absolute atomic E-state index is 0. The number of rotatable bonds is 0. The zero-order chi connectivity index (χ0) is 6.97. The van der Waals surface area contributed by atoms with Crippen molar-refractivity contribution in [3.05, 3.63) is 23.8 Å². The van der Waals surface area contributed by atoms with Crippen LogP contribution in [0.3, 0.4) is 0 Å². The van der Waals surface area contributed by atoms with Crippen LogP contribution >= 0.6 is 0 Å². The molecule has 2 unspecified atom stereocenters. The van der Waals surface area contributed by atoms with Gasteiger partial charge in [-0.2, -0.15) is 0 Å². The van der Waals surface area contributed by atoms with E-state index in [0.717, 1.165) is 9.54 Å². The molecule has 0 bridgehead atoms. The molecular formula is C9H11Cl3Zr. The summed E-state index contributed by atoms with van der Waals surface area (Å²) in [4.78, 5) is 0. The van der Waals surface area contributed by atoms with Crippen LogP contribution in [0.25, 0.3) is 0 Å². The molecule has 0 radical (unpaired) electrons. The Bertz CT molecular complexity index is 201. The zero-order valence-corrected chi connectivity index (χ0v) is 11.9. The Morgan fingerprint density at radius 1 is 1.15 bits per heavy atom. The van der Waals surface area contributed by atoms with E-state index in [-0.39, 0.29) is 37.2 Å². The molecule has 2 aliphatic rings. The third-order valence-corrected chi connectivity index (χ3v) is 4.05. The van der Waals surface area contributed by atoms with E-state index in [9.17, 15) is 0 Å². The van der Waals surface area contributed by atoms with Crippen LogP contribution in [0.15, 0.2) is 23.8 Å². The van der Waals surface area contributed by atoms with Crippen LogP contribution in [-0.2, 0) is 24.7 Å².